The van der Waals surface area contributed by atoms with Crippen LogP contribution < -0.4 is 10.1 Å². The third-order valence-electron chi connectivity index (χ3n) is 7.49. The van der Waals surface area contributed by atoms with Crippen molar-refractivity contribution < 1.29 is 28.3 Å². The highest BCUT2D eigenvalue weighted by atomic mass is 32.2. The fourth-order valence-corrected chi connectivity index (χ4v) is 7.94. The Morgan fingerprint density at radius 1 is 1.12 bits per heavy atom. The predicted octanol–water partition coefficient (Wildman–Crippen LogP) is 3.96. The van der Waals surface area contributed by atoms with E-state index in [0.717, 1.165) is 27.3 Å². The molecule has 2 aliphatic heterocycles. The van der Waals surface area contributed by atoms with Gasteiger partial charge in [-0.15, -0.1) is 23.1 Å². The fourth-order valence-electron chi connectivity index (χ4n) is 5.20. The lowest BCUT2D eigenvalue weighted by Gasteiger charge is -2.54. The van der Waals surface area contributed by atoms with Crippen molar-refractivity contribution in [2.24, 2.45) is 0 Å². The molecule has 9 nitrogen and oxygen atoms in total. The van der Waals surface area contributed by atoms with Crippen molar-refractivity contribution in [1.29, 1.82) is 0 Å². The standard InChI is InChI=1S/C31H29N3O6S2/c1-38-23-9-7-21(8-10-23)16-40-30(37)31(24-13-22(17-41-24)15-26-32-11-12-39-26)18-34-28(36)27(29(34)42-19-31)33-25(35)14-20-5-3-2-4-6-20/h2-13,17,27,29H,14-16,18-19H2,1H3,(H,33,35)/t27-,29-,31?/m1/s1. The largest absolute Gasteiger partial charge is 0.497 e. The number of aromatic nitrogens is 1. The van der Waals surface area contributed by atoms with Crippen LogP contribution in [-0.2, 0) is 44.0 Å². The Hall–Kier alpha value is -4.09. The highest BCUT2D eigenvalue weighted by Crippen LogP contribution is 2.46. The van der Waals surface area contributed by atoms with Crippen LogP contribution in [0.25, 0.3) is 0 Å². The second-order valence-corrected chi connectivity index (χ2v) is 12.3. The molecule has 4 aromatic rings. The van der Waals surface area contributed by atoms with Crippen LogP contribution in [0.4, 0.5) is 0 Å². The van der Waals surface area contributed by atoms with E-state index in [1.165, 1.54) is 29.4 Å². The van der Waals surface area contributed by atoms with Crippen molar-refractivity contribution in [3.63, 3.8) is 0 Å². The number of methoxy groups -OCH3 is 1. The molecular formula is C31H29N3O6S2. The number of amides is 2. The van der Waals surface area contributed by atoms with E-state index in [9.17, 15) is 14.4 Å². The SMILES string of the molecule is COc1ccc(COC(=O)C2(c3cc(Cc4ncco4)cs3)CS[C@@H]3[C@H](NC(=O)Cc4ccccc4)C(=O)N3C2)cc1. The van der Waals surface area contributed by atoms with Gasteiger partial charge in [0.2, 0.25) is 11.8 Å². The van der Waals surface area contributed by atoms with Gasteiger partial charge in [-0.25, -0.2) is 4.98 Å². The van der Waals surface area contributed by atoms with E-state index in [0.29, 0.717) is 18.1 Å². The number of nitrogens with zero attached hydrogens (tertiary/aromatic N) is 2. The number of carbonyl (C=O) groups is 3. The van der Waals surface area contributed by atoms with E-state index in [1.54, 1.807) is 18.2 Å². The van der Waals surface area contributed by atoms with Crippen molar-refractivity contribution in [1.82, 2.24) is 15.2 Å². The number of fused-ring (bicyclic) bond motifs is 1. The highest BCUT2D eigenvalue weighted by Gasteiger charge is 2.59. The van der Waals surface area contributed by atoms with Gasteiger partial charge in [0, 0.05) is 17.2 Å². The smallest absolute Gasteiger partial charge is 0.320 e. The molecular weight excluding hydrogens is 574 g/mol. The zero-order valence-corrected chi connectivity index (χ0v) is 24.5. The molecule has 2 aliphatic rings. The number of esters is 1. The normalized spacial score (nSPS) is 21.3. The van der Waals surface area contributed by atoms with Gasteiger partial charge in [0.25, 0.3) is 0 Å². The van der Waals surface area contributed by atoms with Crippen LogP contribution in [-0.4, -0.2) is 58.5 Å². The van der Waals surface area contributed by atoms with Gasteiger partial charge in [-0.3, -0.25) is 14.4 Å². The molecule has 2 aromatic carbocycles. The van der Waals surface area contributed by atoms with Gasteiger partial charge in [0.1, 0.15) is 35.5 Å². The van der Waals surface area contributed by atoms with Crippen LogP contribution in [0.2, 0.25) is 0 Å². The summed E-state index contributed by atoms with van der Waals surface area (Å²) >= 11 is 2.96. The molecule has 2 aromatic heterocycles. The van der Waals surface area contributed by atoms with E-state index in [-0.39, 0.29) is 36.8 Å². The number of hydrogen-bond donors (Lipinski definition) is 1. The molecule has 6 rings (SSSR count). The number of hydrogen-bond acceptors (Lipinski definition) is 9. The van der Waals surface area contributed by atoms with Crippen LogP contribution in [0.15, 0.2) is 82.9 Å². The highest BCUT2D eigenvalue weighted by molar-refractivity contribution is 8.00. The molecule has 0 radical (unpaired) electrons. The van der Waals surface area contributed by atoms with Crippen molar-refractivity contribution in [3.05, 3.63) is 106 Å². The number of oxazole rings is 1. The molecule has 2 amide bonds. The number of ether oxygens (including phenoxy) is 2. The van der Waals surface area contributed by atoms with Gasteiger partial charge in [0.15, 0.2) is 5.89 Å². The van der Waals surface area contributed by atoms with Crippen molar-refractivity contribution >= 4 is 40.9 Å². The summed E-state index contributed by atoms with van der Waals surface area (Å²) < 4.78 is 16.5. The Balaban J connectivity index is 1.18. The Morgan fingerprint density at radius 2 is 1.93 bits per heavy atom. The minimum atomic E-state index is -1.05. The summed E-state index contributed by atoms with van der Waals surface area (Å²) in [6.45, 7) is 0.272. The van der Waals surface area contributed by atoms with E-state index in [1.807, 2.05) is 66.0 Å². The Morgan fingerprint density at radius 3 is 2.67 bits per heavy atom. The van der Waals surface area contributed by atoms with Gasteiger partial charge in [-0.05, 0) is 40.3 Å². The minimum absolute atomic E-state index is 0.0966. The lowest BCUT2D eigenvalue weighted by Crippen LogP contribution is -2.74. The van der Waals surface area contributed by atoms with Gasteiger partial charge in [0.05, 0.1) is 26.1 Å². The molecule has 0 aliphatic carbocycles. The summed E-state index contributed by atoms with van der Waals surface area (Å²) in [5.41, 5.74) is 1.62. The lowest BCUT2D eigenvalue weighted by molar-refractivity contribution is -0.158. The average molecular weight is 604 g/mol. The maximum Gasteiger partial charge on any atom is 0.320 e. The molecule has 1 unspecified atom stereocenters. The number of thiophene rings is 1. The van der Waals surface area contributed by atoms with Crippen LogP contribution in [0.1, 0.15) is 27.5 Å². The maximum atomic E-state index is 13.9. The van der Waals surface area contributed by atoms with E-state index in [4.69, 9.17) is 13.9 Å². The molecule has 11 heteroatoms. The van der Waals surface area contributed by atoms with E-state index in [2.05, 4.69) is 10.3 Å². The Kier molecular flexibility index (Phi) is 8.03. The monoisotopic (exact) mass is 603 g/mol. The predicted molar refractivity (Wildman–Crippen MR) is 158 cm³/mol. The van der Waals surface area contributed by atoms with Crippen LogP contribution in [0.3, 0.4) is 0 Å². The summed E-state index contributed by atoms with van der Waals surface area (Å²) in [6.07, 6.45) is 3.83. The molecule has 42 heavy (non-hydrogen) atoms. The van der Waals surface area contributed by atoms with Crippen LogP contribution >= 0.6 is 23.1 Å². The fraction of sp³-hybridized carbons (Fsp3) is 0.290. The van der Waals surface area contributed by atoms with Crippen molar-refractivity contribution in [2.75, 3.05) is 19.4 Å². The van der Waals surface area contributed by atoms with Crippen LogP contribution in [0.5, 0.6) is 5.75 Å². The number of benzene rings is 2. The summed E-state index contributed by atoms with van der Waals surface area (Å²) in [5, 5.41) is 4.64. The molecule has 3 atom stereocenters. The quantitative estimate of drug-likeness (QED) is 0.214. The number of β-lactam (4-membered cyclic amide) rings is 1. The number of nitrogens with one attached hydrogen (secondary N) is 1. The third-order valence-corrected chi connectivity index (χ3v) is 10.2. The van der Waals surface area contributed by atoms with E-state index >= 15 is 0 Å². The third kappa shape index (κ3) is 5.66. The average Bonchev–Trinajstić information content (AvgIpc) is 3.72. The van der Waals surface area contributed by atoms with Crippen molar-refractivity contribution in [3.8, 4) is 5.75 Å². The zero-order chi connectivity index (χ0) is 29.1. The van der Waals surface area contributed by atoms with Gasteiger partial charge in [-0.1, -0.05) is 42.5 Å². The first-order chi connectivity index (χ1) is 20.4. The summed E-state index contributed by atoms with van der Waals surface area (Å²) in [7, 11) is 1.60. The molecule has 0 bridgehead atoms. The molecule has 216 valence electrons. The number of rotatable bonds is 10. The summed E-state index contributed by atoms with van der Waals surface area (Å²) in [5.74, 6) is 0.920. The maximum absolute atomic E-state index is 13.9. The zero-order valence-electron chi connectivity index (χ0n) is 22.9. The number of carbonyl (C=O) groups excluding carboxylic acids is 3. The lowest BCUT2D eigenvalue weighted by atomic mass is 9.85. The molecule has 2 saturated heterocycles. The van der Waals surface area contributed by atoms with Crippen LogP contribution in [0, 0.1) is 0 Å². The molecule has 0 spiro atoms. The number of thioether (sulfide) groups is 1. The Labute approximate surface area is 251 Å². The topological polar surface area (TPSA) is 111 Å². The molecule has 0 saturated carbocycles. The van der Waals surface area contributed by atoms with Gasteiger partial charge in [-0.2, -0.15) is 0 Å². The molecule has 1 N–H and O–H groups in total. The first-order valence-corrected chi connectivity index (χ1v) is 15.4. The van der Waals surface area contributed by atoms with Gasteiger partial charge >= 0.3 is 5.97 Å². The molecule has 4 heterocycles. The Bertz CT molecular complexity index is 1560. The second-order valence-electron chi connectivity index (χ2n) is 10.3. The first kappa shape index (κ1) is 28.0. The second kappa shape index (κ2) is 12.0. The molecule has 2 fully saturated rings. The minimum Gasteiger partial charge on any atom is -0.497 e. The first-order valence-electron chi connectivity index (χ1n) is 13.5. The van der Waals surface area contributed by atoms with E-state index < -0.39 is 17.4 Å². The van der Waals surface area contributed by atoms with Crippen molar-refractivity contribution in [2.45, 2.75) is 36.3 Å². The summed E-state index contributed by atoms with van der Waals surface area (Å²) in [6, 6.07) is 18.1. The summed E-state index contributed by atoms with van der Waals surface area (Å²) in [4.78, 5) is 46.6. The van der Waals surface area contributed by atoms with Gasteiger partial charge < -0.3 is 24.1 Å².